The highest BCUT2D eigenvalue weighted by Gasteiger charge is 2.37. The summed E-state index contributed by atoms with van der Waals surface area (Å²) in [5.41, 5.74) is -1.01. The largest absolute Gasteiger partial charge is 0.490 e. The average molecular weight is 299 g/mol. The number of ether oxygens (including phenoxy) is 1. The summed E-state index contributed by atoms with van der Waals surface area (Å²) < 4.78 is 31.5. The lowest BCUT2D eigenvalue weighted by molar-refractivity contribution is -0.144. The number of nitrogens with one attached hydrogen (secondary N) is 1. The number of benzene rings is 1. The lowest BCUT2D eigenvalue weighted by Crippen LogP contribution is -2.50. The molecule has 1 aliphatic carbocycles. The van der Waals surface area contributed by atoms with E-state index in [-0.39, 0.29) is 18.4 Å². The van der Waals surface area contributed by atoms with Crippen molar-refractivity contribution in [2.45, 2.75) is 44.2 Å². The van der Waals surface area contributed by atoms with Crippen LogP contribution < -0.4 is 10.1 Å². The fraction of sp³-hybridized carbons (Fsp3) is 0.533. The molecule has 21 heavy (non-hydrogen) atoms. The van der Waals surface area contributed by atoms with Crippen LogP contribution in [0.15, 0.2) is 18.2 Å². The predicted octanol–water partition coefficient (Wildman–Crippen LogP) is 2.72. The predicted molar refractivity (Wildman–Crippen MR) is 73.3 cm³/mol. The first kappa shape index (κ1) is 15.7. The summed E-state index contributed by atoms with van der Waals surface area (Å²) in [5, 5.41) is 12.4. The summed E-state index contributed by atoms with van der Waals surface area (Å²) in [5.74, 6) is -3.04. The normalized spacial score (nSPS) is 17.3. The van der Waals surface area contributed by atoms with Crippen molar-refractivity contribution >= 4 is 5.97 Å². The van der Waals surface area contributed by atoms with Gasteiger partial charge in [0, 0.05) is 6.04 Å². The van der Waals surface area contributed by atoms with E-state index >= 15 is 0 Å². The Labute approximate surface area is 122 Å². The highest BCUT2D eigenvalue weighted by atomic mass is 19.2. The maximum Gasteiger partial charge on any atom is 0.323 e. The van der Waals surface area contributed by atoms with Crippen LogP contribution in [0.4, 0.5) is 8.78 Å². The first-order valence-corrected chi connectivity index (χ1v) is 7.00. The van der Waals surface area contributed by atoms with Gasteiger partial charge in [0.25, 0.3) is 0 Å². The Bertz CT molecular complexity index is 520. The van der Waals surface area contributed by atoms with Gasteiger partial charge in [-0.2, -0.15) is 4.39 Å². The van der Waals surface area contributed by atoms with Crippen LogP contribution in [0.2, 0.25) is 0 Å². The monoisotopic (exact) mass is 299 g/mol. The lowest BCUT2D eigenvalue weighted by Gasteiger charge is -2.26. The number of hydrogen-bond acceptors (Lipinski definition) is 3. The summed E-state index contributed by atoms with van der Waals surface area (Å²) in [7, 11) is 0. The molecule has 0 aliphatic heterocycles. The van der Waals surface area contributed by atoms with Crippen molar-refractivity contribution in [3.63, 3.8) is 0 Å². The molecule has 1 aliphatic rings. The van der Waals surface area contributed by atoms with Crippen molar-refractivity contribution in [3.8, 4) is 5.75 Å². The van der Waals surface area contributed by atoms with E-state index in [0.29, 0.717) is 12.8 Å². The van der Waals surface area contributed by atoms with Crippen molar-refractivity contribution in [2.24, 2.45) is 0 Å². The van der Waals surface area contributed by atoms with Gasteiger partial charge in [0.1, 0.15) is 5.54 Å². The number of carbonyl (C=O) groups is 1. The van der Waals surface area contributed by atoms with Gasteiger partial charge in [0.2, 0.25) is 5.82 Å². The van der Waals surface area contributed by atoms with Crippen LogP contribution in [0.25, 0.3) is 0 Å². The number of rotatable bonds is 8. The minimum atomic E-state index is -1.02. The van der Waals surface area contributed by atoms with Crippen LogP contribution in [0, 0.1) is 11.6 Å². The van der Waals surface area contributed by atoms with Crippen LogP contribution in [-0.2, 0) is 4.79 Å². The highest BCUT2D eigenvalue weighted by molar-refractivity contribution is 5.78. The van der Waals surface area contributed by atoms with Gasteiger partial charge in [-0.3, -0.25) is 10.1 Å². The van der Waals surface area contributed by atoms with Crippen LogP contribution in [-0.4, -0.2) is 29.3 Å². The zero-order valence-corrected chi connectivity index (χ0v) is 11.9. The van der Waals surface area contributed by atoms with E-state index in [9.17, 15) is 18.7 Å². The average Bonchev–Trinajstić information content (AvgIpc) is 3.23. The van der Waals surface area contributed by atoms with Gasteiger partial charge in [0.15, 0.2) is 11.6 Å². The van der Waals surface area contributed by atoms with E-state index in [1.807, 2.05) is 0 Å². The van der Waals surface area contributed by atoms with Crippen molar-refractivity contribution in [1.29, 1.82) is 0 Å². The van der Waals surface area contributed by atoms with Gasteiger partial charge in [-0.1, -0.05) is 6.07 Å². The molecule has 0 bridgehead atoms. The number of hydrogen-bond donors (Lipinski definition) is 2. The molecule has 4 nitrogen and oxygen atoms in total. The summed E-state index contributed by atoms with van der Waals surface area (Å²) in [6.07, 6.45) is 2.77. The Hall–Kier alpha value is -1.69. The third-order valence-electron chi connectivity index (χ3n) is 3.57. The third kappa shape index (κ3) is 4.14. The zero-order valence-electron chi connectivity index (χ0n) is 11.9. The molecule has 2 rings (SSSR count). The second-order valence-electron chi connectivity index (χ2n) is 5.56. The van der Waals surface area contributed by atoms with Gasteiger partial charge in [0.05, 0.1) is 6.61 Å². The second kappa shape index (κ2) is 6.39. The van der Waals surface area contributed by atoms with E-state index in [4.69, 9.17) is 4.74 Å². The second-order valence-corrected chi connectivity index (χ2v) is 5.56. The quantitative estimate of drug-likeness (QED) is 0.725. The lowest BCUT2D eigenvalue weighted by atomic mass is 9.96. The minimum Gasteiger partial charge on any atom is -0.490 e. The van der Waals surface area contributed by atoms with Crippen molar-refractivity contribution < 1.29 is 23.4 Å². The molecular formula is C15H19F2NO3. The molecule has 1 saturated carbocycles. The molecular weight excluding hydrogens is 280 g/mol. The van der Waals surface area contributed by atoms with E-state index in [0.717, 1.165) is 18.9 Å². The van der Waals surface area contributed by atoms with Crippen molar-refractivity contribution in [2.75, 3.05) is 6.61 Å². The van der Waals surface area contributed by atoms with Gasteiger partial charge in [-0.05, 0) is 44.7 Å². The first-order valence-electron chi connectivity index (χ1n) is 7.00. The maximum atomic E-state index is 13.4. The molecule has 2 N–H and O–H groups in total. The maximum absolute atomic E-state index is 13.4. The molecule has 0 aromatic heterocycles. The van der Waals surface area contributed by atoms with Gasteiger partial charge in [-0.15, -0.1) is 0 Å². The molecule has 116 valence electrons. The Balaban J connectivity index is 1.82. The Morgan fingerprint density at radius 2 is 2.19 bits per heavy atom. The SMILES string of the molecule is CC(CCCOc1cccc(F)c1F)(NC1CC1)C(=O)O. The summed E-state index contributed by atoms with van der Waals surface area (Å²) in [6, 6.07) is 4.00. The minimum absolute atomic E-state index is 0.135. The number of aliphatic carboxylic acids is 1. The topological polar surface area (TPSA) is 58.6 Å². The highest BCUT2D eigenvalue weighted by Crippen LogP contribution is 2.25. The number of carboxylic acid groups (broad SMARTS) is 1. The standard InChI is InChI=1S/C15H19F2NO3/c1-15(14(19)20,18-10-6-7-10)8-3-9-21-12-5-2-4-11(16)13(12)17/h2,4-5,10,18H,3,6-9H2,1H3,(H,19,20). The van der Waals surface area contributed by atoms with Gasteiger partial charge >= 0.3 is 5.97 Å². The molecule has 1 unspecified atom stereocenters. The summed E-state index contributed by atoms with van der Waals surface area (Å²) in [6.45, 7) is 1.77. The first-order chi connectivity index (χ1) is 9.92. The molecule has 1 fully saturated rings. The van der Waals surface area contributed by atoms with Gasteiger partial charge in [-0.25, -0.2) is 4.39 Å². The summed E-state index contributed by atoms with van der Waals surface area (Å²) >= 11 is 0. The van der Waals surface area contributed by atoms with Crippen LogP contribution >= 0.6 is 0 Å². The van der Waals surface area contributed by atoms with Crippen LogP contribution in [0.1, 0.15) is 32.6 Å². The van der Waals surface area contributed by atoms with E-state index in [1.54, 1.807) is 6.92 Å². The molecule has 0 amide bonds. The molecule has 1 aromatic rings. The van der Waals surface area contributed by atoms with Crippen LogP contribution in [0.5, 0.6) is 5.75 Å². The number of halogens is 2. The molecule has 6 heteroatoms. The number of carboxylic acids is 1. The molecule has 1 atom stereocenters. The fourth-order valence-electron chi connectivity index (χ4n) is 2.12. The van der Waals surface area contributed by atoms with E-state index in [2.05, 4.69) is 5.32 Å². The smallest absolute Gasteiger partial charge is 0.323 e. The van der Waals surface area contributed by atoms with Crippen LogP contribution in [0.3, 0.4) is 0 Å². The molecule has 0 heterocycles. The summed E-state index contributed by atoms with van der Waals surface area (Å²) in [4.78, 5) is 11.3. The molecule has 0 spiro atoms. The third-order valence-corrected chi connectivity index (χ3v) is 3.57. The molecule has 0 saturated heterocycles. The Morgan fingerprint density at radius 3 is 2.81 bits per heavy atom. The van der Waals surface area contributed by atoms with Gasteiger partial charge < -0.3 is 9.84 Å². The van der Waals surface area contributed by atoms with E-state index in [1.165, 1.54) is 12.1 Å². The zero-order chi connectivity index (χ0) is 15.5. The molecule has 0 radical (unpaired) electrons. The van der Waals surface area contributed by atoms with Crippen molar-refractivity contribution in [1.82, 2.24) is 5.32 Å². The Morgan fingerprint density at radius 1 is 1.48 bits per heavy atom. The van der Waals surface area contributed by atoms with E-state index < -0.39 is 23.1 Å². The van der Waals surface area contributed by atoms with Crippen molar-refractivity contribution in [3.05, 3.63) is 29.8 Å². The molecule has 1 aromatic carbocycles. The fourth-order valence-corrected chi connectivity index (χ4v) is 2.12. The Kier molecular flexibility index (Phi) is 4.77.